The minimum absolute atomic E-state index is 0.0966. The van der Waals surface area contributed by atoms with Crippen LogP contribution >= 0.6 is 0 Å². The van der Waals surface area contributed by atoms with Crippen molar-refractivity contribution >= 4 is 15.9 Å². The Bertz CT molecular complexity index is 729. The minimum atomic E-state index is -4.64. The fraction of sp³-hybridized carbons (Fsp3) is 0.588. The van der Waals surface area contributed by atoms with E-state index >= 15 is 0 Å². The molecule has 26 heavy (non-hydrogen) atoms. The van der Waals surface area contributed by atoms with Crippen molar-refractivity contribution in [2.75, 3.05) is 13.1 Å². The van der Waals surface area contributed by atoms with Crippen molar-refractivity contribution in [1.82, 2.24) is 9.62 Å². The summed E-state index contributed by atoms with van der Waals surface area (Å²) in [5, 5.41) is 0. The Balaban J connectivity index is 2.06. The minimum Gasteiger partial charge on any atom is -0.339 e. The van der Waals surface area contributed by atoms with E-state index in [-0.39, 0.29) is 11.9 Å². The lowest BCUT2D eigenvalue weighted by Crippen LogP contribution is -2.46. The molecule has 1 aromatic rings. The summed E-state index contributed by atoms with van der Waals surface area (Å²) in [5.41, 5.74) is -1.05. The SMILES string of the molecule is CCN(C(=O)CNS(=O)(=O)c1cccc(C(F)(F)F)c1)C1CCCCC1. The van der Waals surface area contributed by atoms with Crippen molar-refractivity contribution in [3.8, 4) is 0 Å². The van der Waals surface area contributed by atoms with Crippen LogP contribution in [0.25, 0.3) is 0 Å². The molecule has 0 unspecified atom stereocenters. The van der Waals surface area contributed by atoms with Crippen LogP contribution in [0.4, 0.5) is 13.2 Å². The summed E-state index contributed by atoms with van der Waals surface area (Å²) in [6, 6.07) is 3.55. The Morgan fingerprint density at radius 3 is 2.46 bits per heavy atom. The van der Waals surface area contributed by atoms with Crippen LogP contribution < -0.4 is 4.72 Å². The van der Waals surface area contributed by atoms with Crippen LogP contribution in [0.1, 0.15) is 44.6 Å². The Labute approximate surface area is 151 Å². The molecule has 0 bridgehead atoms. The fourth-order valence-corrected chi connectivity index (χ4v) is 4.23. The maximum absolute atomic E-state index is 12.8. The van der Waals surface area contributed by atoms with E-state index in [0.717, 1.165) is 50.3 Å². The summed E-state index contributed by atoms with van der Waals surface area (Å²) >= 11 is 0. The number of alkyl halides is 3. The third kappa shape index (κ3) is 5.20. The quantitative estimate of drug-likeness (QED) is 0.809. The third-order valence-corrected chi connectivity index (χ3v) is 5.96. The van der Waals surface area contributed by atoms with Crippen molar-refractivity contribution in [3.05, 3.63) is 29.8 Å². The molecule has 1 fully saturated rings. The summed E-state index contributed by atoms with van der Waals surface area (Å²) in [7, 11) is -4.21. The van der Waals surface area contributed by atoms with Gasteiger partial charge in [0.05, 0.1) is 17.0 Å². The molecule has 1 amide bonds. The number of sulfonamides is 1. The first-order valence-electron chi connectivity index (χ1n) is 8.61. The van der Waals surface area contributed by atoms with Gasteiger partial charge in [0.1, 0.15) is 0 Å². The molecule has 1 aromatic carbocycles. The summed E-state index contributed by atoms with van der Waals surface area (Å²) < 4.78 is 64.9. The van der Waals surface area contributed by atoms with Crippen molar-refractivity contribution in [2.24, 2.45) is 0 Å². The topological polar surface area (TPSA) is 66.5 Å². The second-order valence-electron chi connectivity index (χ2n) is 6.32. The number of halogens is 3. The molecule has 5 nitrogen and oxygen atoms in total. The van der Waals surface area contributed by atoms with Gasteiger partial charge in [-0.05, 0) is 38.0 Å². The fourth-order valence-electron chi connectivity index (χ4n) is 3.21. The summed E-state index contributed by atoms with van der Waals surface area (Å²) in [4.78, 5) is 13.5. The smallest absolute Gasteiger partial charge is 0.339 e. The van der Waals surface area contributed by atoms with Gasteiger partial charge in [0.15, 0.2) is 0 Å². The number of likely N-dealkylation sites (N-methyl/N-ethyl adjacent to an activating group) is 1. The van der Waals surface area contributed by atoms with Crippen LogP contribution in [0.5, 0.6) is 0 Å². The second-order valence-corrected chi connectivity index (χ2v) is 8.09. The van der Waals surface area contributed by atoms with Gasteiger partial charge in [-0.1, -0.05) is 25.3 Å². The van der Waals surface area contributed by atoms with E-state index in [2.05, 4.69) is 4.72 Å². The molecule has 146 valence electrons. The van der Waals surface area contributed by atoms with E-state index in [1.165, 1.54) is 0 Å². The number of rotatable bonds is 6. The number of carbonyl (C=O) groups is 1. The molecule has 0 spiro atoms. The number of amides is 1. The summed E-state index contributed by atoms with van der Waals surface area (Å²) in [6.45, 7) is 1.82. The largest absolute Gasteiger partial charge is 0.416 e. The van der Waals surface area contributed by atoms with Crippen molar-refractivity contribution in [2.45, 2.75) is 56.1 Å². The van der Waals surface area contributed by atoms with Crippen LogP contribution in [-0.2, 0) is 21.0 Å². The highest BCUT2D eigenvalue weighted by Crippen LogP contribution is 2.30. The standard InChI is InChI=1S/C17H23F3N2O3S/c1-2-22(14-8-4-3-5-9-14)16(23)12-21-26(24,25)15-10-6-7-13(11-15)17(18,19)20/h6-7,10-11,14,21H,2-5,8-9,12H2,1H3. The zero-order chi connectivity index (χ0) is 19.4. The van der Waals surface area contributed by atoms with Crippen LogP contribution in [0.2, 0.25) is 0 Å². The van der Waals surface area contributed by atoms with Gasteiger partial charge < -0.3 is 4.90 Å². The lowest BCUT2D eigenvalue weighted by atomic mass is 9.94. The normalized spacial score (nSPS) is 16.5. The highest BCUT2D eigenvalue weighted by Gasteiger charge is 2.32. The maximum atomic E-state index is 12.8. The van der Waals surface area contributed by atoms with Crippen molar-refractivity contribution in [3.63, 3.8) is 0 Å². The summed E-state index contributed by atoms with van der Waals surface area (Å²) in [5.74, 6) is -0.366. The molecule has 0 aromatic heterocycles. The monoisotopic (exact) mass is 392 g/mol. The first-order chi connectivity index (χ1) is 12.1. The Morgan fingerprint density at radius 2 is 1.88 bits per heavy atom. The van der Waals surface area contributed by atoms with Gasteiger partial charge in [0.25, 0.3) is 0 Å². The van der Waals surface area contributed by atoms with E-state index in [4.69, 9.17) is 0 Å². The van der Waals surface area contributed by atoms with Crippen LogP contribution in [0.3, 0.4) is 0 Å². The Hall–Kier alpha value is -1.61. The number of nitrogens with zero attached hydrogens (tertiary/aromatic N) is 1. The zero-order valence-electron chi connectivity index (χ0n) is 14.6. The molecule has 0 heterocycles. The highest BCUT2D eigenvalue weighted by molar-refractivity contribution is 7.89. The molecule has 2 rings (SSSR count). The Kier molecular flexibility index (Phi) is 6.68. The van der Waals surface area contributed by atoms with Crippen LogP contribution in [-0.4, -0.2) is 38.4 Å². The highest BCUT2D eigenvalue weighted by atomic mass is 32.2. The molecule has 0 radical (unpaired) electrons. The van der Waals surface area contributed by atoms with Gasteiger partial charge in [-0.25, -0.2) is 13.1 Å². The van der Waals surface area contributed by atoms with E-state index in [9.17, 15) is 26.4 Å². The zero-order valence-corrected chi connectivity index (χ0v) is 15.4. The van der Waals surface area contributed by atoms with Crippen molar-refractivity contribution < 1.29 is 26.4 Å². The molecular weight excluding hydrogens is 369 g/mol. The maximum Gasteiger partial charge on any atom is 0.416 e. The molecule has 0 aliphatic heterocycles. The number of hydrogen-bond acceptors (Lipinski definition) is 3. The van der Waals surface area contributed by atoms with Gasteiger partial charge in [-0.3, -0.25) is 4.79 Å². The molecule has 1 saturated carbocycles. The van der Waals surface area contributed by atoms with Crippen LogP contribution in [0, 0.1) is 0 Å². The van der Waals surface area contributed by atoms with Crippen LogP contribution in [0.15, 0.2) is 29.2 Å². The van der Waals surface area contributed by atoms with Crippen molar-refractivity contribution in [1.29, 1.82) is 0 Å². The third-order valence-electron chi connectivity index (χ3n) is 4.56. The summed E-state index contributed by atoms with van der Waals surface area (Å²) in [6.07, 6.45) is 0.334. The molecular formula is C17H23F3N2O3S. The van der Waals surface area contributed by atoms with E-state index < -0.39 is 33.2 Å². The van der Waals surface area contributed by atoms with Gasteiger partial charge >= 0.3 is 6.18 Å². The lowest BCUT2D eigenvalue weighted by Gasteiger charge is -2.33. The molecule has 9 heteroatoms. The van der Waals surface area contributed by atoms with E-state index in [0.29, 0.717) is 12.6 Å². The molecule has 1 aliphatic rings. The van der Waals surface area contributed by atoms with Gasteiger partial charge in [0, 0.05) is 12.6 Å². The number of benzene rings is 1. The van der Waals surface area contributed by atoms with Gasteiger partial charge in [-0.15, -0.1) is 0 Å². The average Bonchev–Trinajstić information content (AvgIpc) is 2.61. The number of hydrogen-bond donors (Lipinski definition) is 1. The second kappa shape index (κ2) is 8.39. The molecule has 0 saturated heterocycles. The first kappa shape index (κ1) is 20.7. The predicted octanol–water partition coefficient (Wildman–Crippen LogP) is 3.16. The lowest BCUT2D eigenvalue weighted by molar-refractivity contribution is -0.137. The first-order valence-corrected chi connectivity index (χ1v) is 10.1. The van der Waals surface area contributed by atoms with Gasteiger partial charge in [0.2, 0.25) is 15.9 Å². The Morgan fingerprint density at radius 1 is 1.23 bits per heavy atom. The number of carbonyl (C=O) groups excluding carboxylic acids is 1. The predicted molar refractivity (Wildman–Crippen MR) is 90.9 cm³/mol. The molecule has 1 N–H and O–H groups in total. The van der Waals surface area contributed by atoms with E-state index in [1.54, 1.807) is 4.90 Å². The molecule has 1 aliphatic carbocycles. The van der Waals surface area contributed by atoms with E-state index in [1.807, 2.05) is 6.92 Å². The van der Waals surface area contributed by atoms with Gasteiger partial charge in [-0.2, -0.15) is 13.2 Å². The molecule has 0 atom stereocenters. The number of nitrogens with one attached hydrogen (secondary N) is 1. The average molecular weight is 392 g/mol.